The van der Waals surface area contributed by atoms with Crippen LogP contribution in [-0.4, -0.2) is 35.0 Å². The van der Waals surface area contributed by atoms with Gasteiger partial charge in [-0.05, 0) is 30.0 Å². The van der Waals surface area contributed by atoms with E-state index in [1.165, 1.54) is 25.1 Å². The van der Waals surface area contributed by atoms with Crippen LogP contribution >= 0.6 is 35.0 Å². The quantitative estimate of drug-likeness (QED) is 0.371. The number of methoxy groups -OCH3 is 1. The summed E-state index contributed by atoms with van der Waals surface area (Å²) in [7, 11) is 1.28. The fourth-order valence-corrected chi connectivity index (χ4v) is 3.44. The molecule has 1 atom stereocenters. The van der Waals surface area contributed by atoms with Gasteiger partial charge in [0.25, 0.3) is 5.91 Å². The van der Waals surface area contributed by atoms with Crippen LogP contribution in [0.25, 0.3) is 0 Å². The molecule has 2 rings (SSSR count). The van der Waals surface area contributed by atoms with Gasteiger partial charge >= 0.3 is 5.97 Å². The van der Waals surface area contributed by atoms with Gasteiger partial charge in [0.1, 0.15) is 6.04 Å². The number of aromatic nitrogens is 2. The van der Waals surface area contributed by atoms with E-state index in [1.807, 2.05) is 26.0 Å². The third-order valence-electron chi connectivity index (χ3n) is 3.72. The maximum absolute atomic E-state index is 12.6. The second-order valence-corrected chi connectivity index (χ2v) is 8.23. The van der Waals surface area contributed by atoms with E-state index < -0.39 is 17.9 Å². The Morgan fingerprint density at radius 2 is 1.89 bits per heavy atom. The number of thioether (sulfide) groups is 1. The van der Waals surface area contributed by atoms with Crippen molar-refractivity contribution in [1.82, 2.24) is 15.3 Å². The molecule has 1 amide bonds. The lowest BCUT2D eigenvalue weighted by atomic mass is 10.0. The van der Waals surface area contributed by atoms with E-state index in [-0.39, 0.29) is 16.6 Å². The molecule has 0 bridgehead atoms. The number of nitrogens with one attached hydrogen (secondary N) is 1. The molecule has 1 heterocycles. The molecule has 0 radical (unpaired) electrons. The van der Waals surface area contributed by atoms with Crippen LogP contribution in [0.5, 0.6) is 0 Å². The summed E-state index contributed by atoms with van der Waals surface area (Å²) < 4.78 is 4.77. The zero-order chi connectivity index (χ0) is 20.7. The van der Waals surface area contributed by atoms with E-state index in [1.54, 1.807) is 12.1 Å². The highest BCUT2D eigenvalue weighted by molar-refractivity contribution is 7.98. The van der Waals surface area contributed by atoms with Crippen LogP contribution in [0, 0.1) is 5.92 Å². The van der Waals surface area contributed by atoms with Crippen molar-refractivity contribution in [1.29, 1.82) is 0 Å². The number of hydrogen-bond acceptors (Lipinski definition) is 6. The van der Waals surface area contributed by atoms with Crippen LogP contribution < -0.4 is 5.32 Å². The average Bonchev–Trinajstić information content (AvgIpc) is 2.67. The van der Waals surface area contributed by atoms with Crippen molar-refractivity contribution >= 4 is 46.8 Å². The molecule has 28 heavy (non-hydrogen) atoms. The number of rotatable bonds is 8. The van der Waals surface area contributed by atoms with Gasteiger partial charge in [0.05, 0.1) is 18.3 Å². The molecule has 0 aliphatic heterocycles. The first-order chi connectivity index (χ1) is 13.3. The SMILES string of the molecule is COC(=O)C(CC(C)C)NC(=O)c1nc(SCc2ccc(Cl)cc2)ncc1Cl. The van der Waals surface area contributed by atoms with E-state index in [4.69, 9.17) is 27.9 Å². The normalized spacial score (nSPS) is 11.9. The Balaban J connectivity index is 2.11. The lowest BCUT2D eigenvalue weighted by Crippen LogP contribution is -2.42. The third kappa shape index (κ3) is 6.65. The highest BCUT2D eigenvalue weighted by Gasteiger charge is 2.25. The maximum Gasteiger partial charge on any atom is 0.328 e. The number of carbonyl (C=O) groups excluding carboxylic acids is 2. The molecule has 1 N–H and O–H groups in total. The van der Waals surface area contributed by atoms with E-state index >= 15 is 0 Å². The molecule has 0 aliphatic rings. The predicted molar refractivity (Wildman–Crippen MR) is 111 cm³/mol. The van der Waals surface area contributed by atoms with Gasteiger partial charge in [-0.15, -0.1) is 0 Å². The van der Waals surface area contributed by atoms with E-state index in [2.05, 4.69) is 15.3 Å². The van der Waals surface area contributed by atoms with Crippen molar-refractivity contribution < 1.29 is 14.3 Å². The van der Waals surface area contributed by atoms with Gasteiger partial charge < -0.3 is 10.1 Å². The van der Waals surface area contributed by atoms with Gasteiger partial charge in [0.15, 0.2) is 10.9 Å². The van der Waals surface area contributed by atoms with Crippen LogP contribution in [0.2, 0.25) is 10.0 Å². The first kappa shape index (κ1) is 22.5. The average molecular weight is 442 g/mol. The lowest BCUT2D eigenvalue weighted by Gasteiger charge is -2.18. The molecule has 9 heteroatoms. The number of hydrogen-bond donors (Lipinski definition) is 1. The molecular weight excluding hydrogens is 421 g/mol. The number of esters is 1. The Morgan fingerprint density at radius 1 is 1.21 bits per heavy atom. The maximum atomic E-state index is 12.6. The van der Waals surface area contributed by atoms with Gasteiger partial charge in [-0.3, -0.25) is 4.79 Å². The summed E-state index contributed by atoms with van der Waals surface area (Å²) in [6.45, 7) is 3.90. The Morgan fingerprint density at radius 3 is 2.50 bits per heavy atom. The van der Waals surface area contributed by atoms with Gasteiger partial charge in [-0.25, -0.2) is 14.8 Å². The fourth-order valence-electron chi connectivity index (χ4n) is 2.36. The number of halogens is 2. The minimum absolute atomic E-state index is 0.0212. The number of carbonyl (C=O) groups is 2. The molecule has 0 saturated heterocycles. The van der Waals surface area contributed by atoms with Crippen molar-refractivity contribution in [2.75, 3.05) is 7.11 Å². The summed E-state index contributed by atoms with van der Waals surface area (Å²) in [5, 5.41) is 3.83. The van der Waals surface area contributed by atoms with E-state index in [0.717, 1.165) is 5.56 Å². The molecule has 0 saturated carbocycles. The summed E-state index contributed by atoms with van der Waals surface area (Å²) in [4.78, 5) is 33.0. The molecule has 0 fully saturated rings. The Labute approximate surface area is 178 Å². The van der Waals surface area contributed by atoms with Crippen LogP contribution in [0.15, 0.2) is 35.6 Å². The summed E-state index contributed by atoms with van der Waals surface area (Å²) >= 11 is 13.4. The van der Waals surface area contributed by atoms with Gasteiger partial charge in [0.2, 0.25) is 0 Å². The molecule has 6 nitrogen and oxygen atoms in total. The molecule has 0 spiro atoms. The first-order valence-electron chi connectivity index (χ1n) is 8.58. The second kappa shape index (κ2) is 10.6. The van der Waals surface area contributed by atoms with Crippen molar-refractivity contribution in [3.05, 3.63) is 51.8 Å². The predicted octanol–water partition coefficient (Wildman–Crippen LogP) is 4.39. The van der Waals surface area contributed by atoms with Gasteiger partial charge in [-0.2, -0.15) is 0 Å². The number of ether oxygens (including phenoxy) is 1. The zero-order valence-corrected chi connectivity index (χ0v) is 18.1. The number of amides is 1. The Kier molecular flexibility index (Phi) is 8.54. The Hall–Kier alpha value is -1.83. The summed E-state index contributed by atoms with van der Waals surface area (Å²) in [5.41, 5.74) is 1.06. The topological polar surface area (TPSA) is 81.2 Å². The fraction of sp³-hybridized carbons (Fsp3) is 0.368. The summed E-state index contributed by atoms with van der Waals surface area (Å²) in [6, 6.07) is 6.66. The third-order valence-corrected chi connectivity index (χ3v) is 5.18. The first-order valence-corrected chi connectivity index (χ1v) is 10.3. The van der Waals surface area contributed by atoms with Crippen LogP contribution in [-0.2, 0) is 15.3 Å². The molecule has 0 aliphatic carbocycles. The molecule has 1 aromatic carbocycles. The molecule has 150 valence electrons. The van der Waals surface area contributed by atoms with Gasteiger partial charge in [0, 0.05) is 10.8 Å². The highest BCUT2D eigenvalue weighted by Crippen LogP contribution is 2.23. The highest BCUT2D eigenvalue weighted by atomic mass is 35.5. The van der Waals surface area contributed by atoms with E-state index in [9.17, 15) is 9.59 Å². The monoisotopic (exact) mass is 441 g/mol. The van der Waals surface area contributed by atoms with Crippen LogP contribution in [0.1, 0.15) is 36.3 Å². The van der Waals surface area contributed by atoms with E-state index in [0.29, 0.717) is 22.4 Å². The lowest BCUT2D eigenvalue weighted by molar-refractivity contribution is -0.143. The second-order valence-electron chi connectivity index (χ2n) is 6.44. The van der Waals surface area contributed by atoms with Crippen LogP contribution in [0.4, 0.5) is 0 Å². The van der Waals surface area contributed by atoms with Crippen molar-refractivity contribution in [2.45, 2.75) is 37.2 Å². The largest absolute Gasteiger partial charge is 0.467 e. The zero-order valence-electron chi connectivity index (χ0n) is 15.7. The standard InChI is InChI=1S/C19H21Cl2N3O3S/c1-11(2)8-15(18(26)27-3)23-17(25)16-14(21)9-22-19(24-16)28-10-12-4-6-13(20)7-5-12/h4-7,9,11,15H,8,10H2,1-3H3,(H,23,25). The molecular formula is C19H21Cl2N3O3S. The minimum Gasteiger partial charge on any atom is -0.467 e. The minimum atomic E-state index is -0.770. The number of nitrogens with zero attached hydrogens (tertiary/aromatic N) is 2. The van der Waals surface area contributed by atoms with Gasteiger partial charge in [-0.1, -0.05) is 60.9 Å². The molecule has 1 unspecified atom stereocenters. The van der Waals surface area contributed by atoms with Crippen molar-refractivity contribution in [2.24, 2.45) is 5.92 Å². The summed E-state index contributed by atoms with van der Waals surface area (Å²) in [5.74, 6) is -0.255. The van der Waals surface area contributed by atoms with Crippen molar-refractivity contribution in [3.63, 3.8) is 0 Å². The number of benzene rings is 1. The molecule has 2 aromatic rings. The van der Waals surface area contributed by atoms with Crippen molar-refractivity contribution in [3.8, 4) is 0 Å². The molecule has 1 aromatic heterocycles. The summed E-state index contributed by atoms with van der Waals surface area (Å²) in [6.07, 6.45) is 1.82. The smallest absolute Gasteiger partial charge is 0.328 e. The van der Waals surface area contributed by atoms with Crippen LogP contribution in [0.3, 0.4) is 0 Å². The Bertz CT molecular complexity index is 832.